The molecule has 0 bridgehead atoms. The van der Waals surface area contributed by atoms with Gasteiger partial charge in [0.15, 0.2) is 0 Å². The molecule has 0 saturated heterocycles. The fourth-order valence-electron chi connectivity index (χ4n) is 2.14. The van der Waals surface area contributed by atoms with E-state index in [1.165, 1.54) is 24.5 Å². The maximum atomic E-state index is 2.32. The average molecular weight is 300 g/mol. The van der Waals surface area contributed by atoms with Gasteiger partial charge in [-0.3, -0.25) is 0 Å². The van der Waals surface area contributed by atoms with E-state index in [1.54, 1.807) is 8.70 Å². The molecule has 0 fully saturated rings. The van der Waals surface area contributed by atoms with Crippen molar-refractivity contribution in [1.29, 1.82) is 0 Å². The van der Waals surface area contributed by atoms with Crippen LogP contribution in [-0.2, 0) is 0 Å². The molecule has 0 heterocycles. The summed E-state index contributed by atoms with van der Waals surface area (Å²) in [5, 5.41) is 1.40. The van der Waals surface area contributed by atoms with Crippen molar-refractivity contribution >= 4 is 23.4 Å². The van der Waals surface area contributed by atoms with Crippen LogP contribution in [0.25, 0.3) is 0 Å². The van der Waals surface area contributed by atoms with E-state index in [0.29, 0.717) is 0 Å². The summed E-state index contributed by atoms with van der Waals surface area (Å²) in [6, 6.07) is 22.2. The molecule has 0 amide bonds. The molecule has 94 valence electrons. The predicted molar refractivity (Wildman–Crippen MR) is 82.2 cm³/mol. The van der Waals surface area contributed by atoms with E-state index >= 15 is 0 Å². The number of hydrogen-bond acceptors (Lipinski definition) is 0. The van der Waals surface area contributed by atoms with E-state index in [0.717, 1.165) is 0 Å². The monoisotopic (exact) mass is 300 g/mol. The van der Waals surface area contributed by atoms with E-state index in [2.05, 4.69) is 67.6 Å². The zero-order valence-electron chi connectivity index (χ0n) is 11.0. The molecule has 2 aromatic rings. The molecule has 2 rings (SSSR count). The first-order chi connectivity index (χ1) is 8.92. The summed E-state index contributed by atoms with van der Waals surface area (Å²) in [6.45, 7) is 2.28. The Morgan fingerprint density at radius 3 is 1.67 bits per heavy atom. The molecule has 2 aromatic carbocycles. The second kappa shape index (κ2) is 7.44. The molecule has 0 atom stereocenters. The van der Waals surface area contributed by atoms with Gasteiger partial charge in [-0.05, 0) is 0 Å². The Morgan fingerprint density at radius 1 is 0.722 bits per heavy atom. The van der Waals surface area contributed by atoms with Gasteiger partial charge in [-0.2, -0.15) is 0 Å². The maximum absolute atomic E-state index is 2.32. The van der Waals surface area contributed by atoms with Crippen LogP contribution in [0.5, 0.6) is 0 Å². The number of benzene rings is 2. The van der Waals surface area contributed by atoms with Gasteiger partial charge in [-0.1, -0.05) is 0 Å². The fourth-order valence-corrected chi connectivity index (χ4v) is 7.22. The third-order valence-corrected chi connectivity index (χ3v) is 8.59. The SMILES string of the molecule is CCCCC[As](c1ccccc1)c1ccccc1. The van der Waals surface area contributed by atoms with Gasteiger partial charge in [0.2, 0.25) is 0 Å². The summed E-state index contributed by atoms with van der Waals surface area (Å²) in [4.78, 5) is 0. The van der Waals surface area contributed by atoms with Crippen LogP contribution in [0.4, 0.5) is 0 Å². The van der Waals surface area contributed by atoms with Crippen LogP contribution in [0.3, 0.4) is 0 Å². The standard InChI is InChI=1S/C17H21As/c1-2-3-10-15-18(16-11-6-4-7-12-16)17-13-8-5-9-14-17/h4-9,11-14H,2-3,10,15H2,1H3. The van der Waals surface area contributed by atoms with Crippen LogP contribution in [-0.4, -0.2) is 14.7 Å². The summed E-state index contributed by atoms with van der Waals surface area (Å²) >= 11 is -1.06. The van der Waals surface area contributed by atoms with Gasteiger partial charge >= 0.3 is 115 Å². The average Bonchev–Trinajstić information content (AvgIpc) is 2.46. The van der Waals surface area contributed by atoms with E-state index in [4.69, 9.17) is 0 Å². The summed E-state index contributed by atoms with van der Waals surface area (Å²) in [5.41, 5.74) is 0. The molecular weight excluding hydrogens is 279 g/mol. The zero-order chi connectivity index (χ0) is 12.6. The van der Waals surface area contributed by atoms with E-state index < -0.39 is 14.7 Å². The van der Waals surface area contributed by atoms with Crippen molar-refractivity contribution in [2.75, 3.05) is 0 Å². The van der Waals surface area contributed by atoms with Crippen molar-refractivity contribution < 1.29 is 0 Å². The van der Waals surface area contributed by atoms with E-state index in [-0.39, 0.29) is 0 Å². The van der Waals surface area contributed by atoms with Crippen LogP contribution in [0, 0.1) is 0 Å². The molecule has 0 aliphatic heterocycles. The third kappa shape index (κ3) is 3.75. The van der Waals surface area contributed by atoms with E-state index in [9.17, 15) is 0 Å². The van der Waals surface area contributed by atoms with Gasteiger partial charge in [0, 0.05) is 0 Å². The molecule has 0 radical (unpaired) electrons. The number of rotatable bonds is 6. The van der Waals surface area contributed by atoms with Gasteiger partial charge in [0.1, 0.15) is 0 Å². The Bertz CT molecular complexity index is 396. The molecule has 1 heteroatoms. The summed E-state index contributed by atoms with van der Waals surface area (Å²) in [6.07, 6.45) is 4.05. The number of unbranched alkanes of at least 4 members (excludes halogenated alkanes) is 2. The zero-order valence-corrected chi connectivity index (χ0v) is 12.9. The van der Waals surface area contributed by atoms with Crippen molar-refractivity contribution in [3.05, 3.63) is 60.7 Å². The van der Waals surface area contributed by atoms with Gasteiger partial charge in [-0.15, -0.1) is 0 Å². The van der Waals surface area contributed by atoms with Crippen LogP contribution >= 0.6 is 0 Å². The fraction of sp³-hybridized carbons (Fsp3) is 0.294. The topological polar surface area (TPSA) is 0 Å². The van der Waals surface area contributed by atoms with Gasteiger partial charge in [0.25, 0.3) is 0 Å². The Morgan fingerprint density at radius 2 is 1.22 bits per heavy atom. The molecule has 0 spiro atoms. The molecule has 0 N–H and O–H groups in total. The van der Waals surface area contributed by atoms with Crippen molar-refractivity contribution in [2.24, 2.45) is 0 Å². The first-order valence-electron chi connectivity index (χ1n) is 6.79. The molecule has 0 unspecified atom stereocenters. The molecule has 0 aromatic heterocycles. The Balaban J connectivity index is 2.18. The van der Waals surface area contributed by atoms with Gasteiger partial charge < -0.3 is 0 Å². The van der Waals surface area contributed by atoms with Gasteiger partial charge in [0.05, 0.1) is 0 Å². The van der Waals surface area contributed by atoms with Crippen LogP contribution in [0.15, 0.2) is 60.7 Å². The normalized spacial score (nSPS) is 10.8. The summed E-state index contributed by atoms with van der Waals surface area (Å²) < 4.78 is 3.18. The minimum atomic E-state index is -1.06. The third-order valence-electron chi connectivity index (χ3n) is 3.12. The summed E-state index contributed by atoms with van der Waals surface area (Å²) in [5.74, 6) is 0. The van der Waals surface area contributed by atoms with Crippen LogP contribution in [0.2, 0.25) is 5.21 Å². The Hall–Kier alpha value is -1.00. The van der Waals surface area contributed by atoms with Crippen molar-refractivity contribution in [1.82, 2.24) is 0 Å². The predicted octanol–water partition coefficient (Wildman–Crippen LogP) is 3.49. The van der Waals surface area contributed by atoms with E-state index in [1.807, 2.05) is 0 Å². The van der Waals surface area contributed by atoms with Crippen molar-refractivity contribution in [3.63, 3.8) is 0 Å². The molecule has 18 heavy (non-hydrogen) atoms. The Kier molecular flexibility index (Phi) is 5.55. The Labute approximate surface area is 115 Å². The second-order valence-electron chi connectivity index (χ2n) is 4.53. The quantitative estimate of drug-likeness (QED) is 0.566. The minimum absolute atomic E-state index is 1.06. The first kappa shape index (κ1) is 13.4. The number of hydrogen-bond donors (Lipinski definition) is 0. The molecule has 0 nitrogen and oxygen atoms in total. The molecule has 0 aliphatic carbocycles. The van der Waals surface area contributed by atoms with Crippen LogP contribution < -0.4 is 8.70 Å². The van der Waals surface area contributed by atoms with Crippen LogP contribution in [0.1, 0.15) is 26.2 Å². The second-order valence-corrected chi connectivity index (χ2v) is 9.43. The van der Waals surface area contributed by atoms with Crippen molar-refractivity contribution in [2.45, 2.75) is 31.4 Å². The van der Waals surface area contributed by atoms with Gasteiger partial charge in [-0.25, -0.2) is 0 Å². The summed E-state index contributed by atoms with van der Waals surface area (Å²) in [7, 11) is 0. The first-order valence-corrected chi connectivity index (χ1v) is 10.00. The van der Waals surface area contributed by atoms with Crippen molar-refractivity contribution in [3.8, 4) is 0 Å². The molecular formula is C17H21As. The molecule has 0 aliphatic rings. The molecule has 0 saturated carbocycles.